The average molecular weight is 395 g/mol. The summed E-state index contributed by atoms with van der Waals surface area (Å²) in [6.07, 6.45) is 1.03. The van der Waals surface area contributed by atoms with Crippen LogP contribution in [0.4, 0.5) is 0 Å². The minimum atomic E-state index is -3.93. The zero-order valence-electron chi connectivity index (χ0n) is 14.5. The van der Waals surface area contributed by atoms with E-state index in [1.54, 1.807) is 6.07 Å². The molecule has 0 radical (unpaired) electrons. The van der Waals surface area contributed by atoms with Crippen molar-refractivity contribution in [3.05, 3.63) is 57.5 Å². The van der Waals surface area contributed by atoms with Gasteiger partial charge in [-0.15, -0.1) is 0 Å². The van der Waals surface area contributed by atoms with Gasteiger partial charge in [-0.1, -0.05) is 23.3 Å². The van der Waals surface area contributed by atoms with Crippen LogP contribution in [0.3, 0.4) is 0 Å². The number of esters is 1. The first-order valence-corrected chi connectivity index (χ1v) is 9.52. The summed E-state index contributed by atoms with van der Waals surface area (Å²) < 4.78 is 33.3. The molecule has 1 aromatic rings. The molecule has 1 N–H and O–H groups in total. The number of methoxy groups -OCH3 is 1. The van der Waals surface area contributed by atoms with Crippen LogP contribution >= 0.6 is 0 Å². The Hall–Kier alpha value is -2.88. The van der Waals surface area contributed by atoms with Crippen molar-refractivity contribution < 1.29 is 32.0 Å². The molecule has 0 unspecified atom stereocenters. The fraction of sp³-hybridized carbons (Fsp3) is 0.375. The topological polar surface area (TPSA) is 156 Å². The number of carbonyl (C=O) groups excluding carboxylic acids is 1. The van der Waals surface area contributed by atoms with Crippen LogP contribution in [0, 0.1) is 0 Å². The number of hydrogen-bond donors (Lipinski definition) is 1. The van der Waals surface area contributed by atoms with Gasteiger partial charge in [0.2, 0.25) is 0 Å². The summed E-state index contributed by atoms with van der Waals surface area (Å²) in [5.74, 6) is -2.58. The van der Waals surface area contributed by atoms with Gasteiger partial charge in [-0.3, -0.25) is 4.18 Å². The van der Waals surface area contributed by atoms with Gasteiger partial charge in [-0.2, -0.15) is 8.42 Å². The van der Waals surface area contributed by atoms with Crippen molar-refractivity contribution in [3.8, 4) is 0 Å². The number of ether oxygens (including phenoxy) is 1. The van der Waals surface area contributed by atoms with Gasteiger partial charge in [0.15, 0.2) is 0 Å². The van der Waals surface area contributed by atoms with E-state index in [9.17, 15) is 23.1 Å². The second-order valence-electron chi connectivity index (χ2n) is 5.89. The standard InChI is InChI=1S/C16H17N3O7S/c1-25-16(22)11-7-12(9-4-3-5-10(6-9)15(20)21)14(26-27(2,23)24)13(8-11)18-19-17/h3-6,8,12-14H,7H2,1-2H3,(H,20,21)/t12-,13+,14-/m1/s1. The van der Waals surface area contributed by atoms with Gasteiger partial charge in [0.05, 0.1) is 31.1 Å². The zero-order chi connectivity index (χ0) is 20.2. The largest absolute Gasteiger partial charge is 0.478 e. The van der Waals surface area contributed by atoms with Gasteiger partial charge in [-0.25, -0.2) is 9.59 Å². The number of benzene rings is 1. The predicted octanol–water partition coefficient (Wildman–Crippen LogP) is 2.00. The quantitative estimate of drug-likeness (QED) is 0.254. The second-order valence-corrected chi connectivity index (χ2v) is 7.49. The number of carboxylic acids is 1. The second kappa shape index (κ2) is 8.21. The number of rotatable bonds is 6. The van der Waals surface area contributed by atoms with Crippen LogP contribution in [0.2, 0.25) is 0 Å². The third-order valence-corrected chi connectivity index (χ3v) is 4.60. The summed E-state index contributed by atoms with van der Waals surface area (Å²) in [5.41, 5.74) is 9.41. The van der Waals surface area contributed by atoms with E-state index in [2.05, 4.69) is 10.0 Å². The van der Waals surface area contributed by atoms with Crippen molar-refractivity contribution in [1.82, 2.24) is 0 Å². The Kier molecular flexibility index (Phi) is 6.21. The molecule has 0 aromatic heterocycles. The molecule has 0 heterocycles. The van der Waals surface area contributed by atoms with E-state index in [1.807, 2.05) is 0 Å². The van der Waals surface area contributed by atoms with Crippen molar-refractivity contribution in [2.24, 2.45) is 5.11 Å². The molecule has 1 aromatic carbocycles. The van der Waals surface area contributed by atoms with Gasteiger partial charge < -0.3 is 9.84 Å². The Morgan fingerprint density at radius 3 is 2.63 bits per heavy atom. The molecule has 144 valence electrons. The maximum atomic E-state index is 12.0. The molecule has 1 aliphatic rings. The number of carboxylic acid groups (broad SMARTS) is 1. The van der Waals surface area contributed by atoms with Gasteiger partial charge in [0.25, 0.3) is 10.1 Å². The Bertz CT molecular complexity index is 935. The summed E-state index contributed by atoms with van der Waals surface area (Å²) in [4.78, 5) is 25.9. The van der Waals surface area contributed by atoms with Gasteiger partial charge in [0.1, 0.15) is 0 Å². The monoisotopic (exact) mass is 395 g/mol. The van der Waals surface area contributed by atoms with E-state index in [-0.39, 0.29) is 17.6 Å². The molecular formula is C16H17N3O7S. The Morgan fingerprint density at radius 2 is 2.07 bits per heavy atom. The highest BCUT2D eigenvalue weighted by molar-refractivity contribution is 7.86. The van der Waals surface area contributed by atoms with Crippen LogP contribution < -0.4 is 0 Å². The number of azide groups is 1. The summed E-state index contributed by atoms with van der Waals surface area (Å²) in [6, 6.07) is 4.71. The van der Waals surface area contributed by atoms with Crippen molar-refractivity contribution >= 4 is 22.1 Å². The van der Waals surface area contributed by atoms with Gasteiger partial charge >= 0.3 is 11.9 Å². The van der Waals surface area contributed by atoms with E-state index in [1.165, 1.54) is 31.4 Å². The molecule has 10 nitrogen and oxygen atoms in total. The molecule has 11 heteroatoms. The number of hydrogen-bond acceptors (Lipinski definition) is 7. The van der Waals surface area contributed by atoms with Crippen LogP contribution in [0.1, 0.15) is 28.3 Å². The lowest BCUT2D eigenvalue weighted by Gasteiger charge is -2.34. The average Bonchev–Trinajstić information content (AvgIpc) is 2.61. The molecule has 0 fully saturated rings. The Labute approximate surface area is 155 Å². The maximum Gasteiger partial charge on any atom is 0.335 e. The molecule has 1 aliphatic carbocycles. The summed E-state index contributed by atoms with van der Waals surface area (Å²) in [7, 11) is -2.75. The molecule has 3 atom stereocenters. The molecule has 0 saturated heterocycles. The fourth-order valence-corrected chi connectivity index (χ4v) is 3.59. The van der Waals surface area contributed by atoms with Crippen molar-refractivity contribution in [2.45, 2.75) is 24.5 Å². The molecule has 2 rings (SSSR count). The fourth-order valence-electron chi connectivity index (χ4n) is 2.94. The first-order valence-electron chi connectivity index (χ1n) is 7.71. The first kappa shape index (κ1) is 20.4. The highest BCUT2D eigenvalue weighted by Crippen LogP contribution is 2.38. The van der Waals surface area contributed by atoms with E-state index in [4.69, 9.17) is 14.5 Å². The summed E-state index contributed by atoms with van der Waals surface area (Å²) >= 11 is 0. The van der Waals surface area contributed by atoms with Crippen LogP contribution in [0.25, 0.3) is 10.4 Å². The SMILES string of the molecule is COC(=O)C1=C[C@H](N=[N+]=[N-])[C@H](OS(C)(=O)=O)[C@@H](c2cccc(C(=O)O)c2)C1. The third kappa shape index (κ3) is 5.07. The lowest BCUT2D eigenvalue weighted by Crippen LogP contribution is -2.38. The van der Waals surface area contributed by atoms with Crippen LogP contribution in [0.15, 0.2) is 41.0 Å². The Balaban J connectivity index is 2.60. The van der Waals surface area contributed by atoms with Crippen molar-refractivity contribution in [2.75, 3.05) is 13.4 Å². The van der Waals surface area contributed by atoms with Crippen LogP contribution in [-0.4, -0.2) is 51.0 Å². The smallest absolute Gasteiger partial charge is 0.335 e. The van der Waals surface area contributed by atoms with E-state index >= 15 is 0 Å². The van der Waals surface area contributed by atoms with Crippen molar-refractivity contribution in [3.63, 3.8) is 0 Å². The minimum Gasteiger partial charge on any atom is -0.478 e. The highest BCUT2D eigenvalue weighted by Gasteiger charge is 2.39. The molecular weight excluding hydrogens is 378 g/mol. The lowest BCUT2D eigenvalue weighted by molar-refractivity contribution is -0.136. The third-order valence-electron chi connectivity index (χ3n) is 4.03. The molecule has 0 saturated carbocycles. The number of aromatic carboxylic acids is 1. The lowest BCUT2D eigenvalue weighted by atomic mass is 9.79. The molecule has 0 bridgehead atoms. The van der Waals surface area contributed by atoms with Crippen LogP contribution in [0.5, 0.6) is 0 Å². The van der Waals surface area contributed by atoms with Crippen molar-refractivity contribution in [1.29, 1.82) is 0 Å². The zero-order valence-corrected chi connectivity index (χ0v) is 15.3. The van der Waals surface area contributed by atoms with E-state index in [0.717, 1.165) is 6.26 Å². The molecule has 0 spiro atoms. The van der Waals surface area contributed by atoms with E-state index < -0.39 is 40.1 Å². The van der Waals surface area contributed by atoms with Gasteiger partial charge in [-0.05, 0) is 29.6 Å². The highest BCUT2D eigenvalue weighted by atomic mass is 32.2. The maximum absolute atomic E-state index is 12.0. The number of carbonyl (C=O) groups is 2. The normalized spacial score (nSPS) is 22.3. The molecule has 27 heavy (non-hydrogen) atoms. The van der Waals surface area contributed by atoms with Crippen LogP contribution in [-0.2, 0) is 23.8 Å². The Morgan fingerprint density at radius 1 is 1.37 bits per heavy atom. The summed E-state index contributed by atoms with van der Waals surface area (Å²) in [6.45, 7) is 0. The summed E-state index contributed by atoms with van der Waals surface area (Å²) in [5, 5.41) is 12.7. The predicted molar refractivity (Wildman–Crippen MR) is 93.5 cm³/mol. The molecule has 0 aliphatic heterocycles. The number of nitrogens with zero attached hydrogens (tertiary/aromatic N) is 3. The van der Waals surface area contributed by atoms with Gasteiger partial charge in [0, 0.05) is 16.4 Å². The van der Waals surface area contributed by atoms with E-state index in [0.29, 0.717) is 5.56 Å². The first-order chi connectivity index (χ1) is 12.7. The molecule has 0 amide bonds. The minimum absolute atomic E-state index is 0.0138.